The molecule has 0 fully saturated rings. The molecule has 0 spiro atoms. The molecule has 0 unspecified atom stereocenters. The second-order valence-electron chi connectivity index (χ2n) is 16.1. The van der Waals surface area contributed by atoms with Gasteiger partial charge in [0.2, 0.25) is 0 Å². The van der Waals surface area contributed by atoms with Gasteiger partial charge in [-0.25, -0.2) is 4.98 Å². The lowest BCUT2D eigenvalue weighted by atomic mass is 10.1. The number of methoxy groups -OCH3 is 2. The Bertz CT molecular complexity index is 4310. The number of aromatic nitrogens is 1. The number of ether oxygens (including phenoxy) is 2. The molecule has 0 amide bonds. The van der Waals surface area contributed by atoms with Crippen LogP contribution in [0, 0.1) is 32.1 Å². The number of hydrogen-bond acceptors (Lipinski definition) is 22. The van der Waals surface area contributed by atoms with E-state index in [0.29, 0.717) is 29.3 Å². The van der Waals surface area contributed by atoms with Gasteiger partial charge in [-0.2, -0.15) is 57.6 Å². The summed E-state index contributed by atoms with van der Waals surface area (Å²) in [7, 11) is -21.8. The van der Waals surface area contributed by atoms with Crippen molar-refractivity contribution in [1.82, 2.24) is 4.98 Å². The van der Waals surface area contributed by atoms with Gasteiger partial charge >= 0.3 is 0 Å². The van der Waals surface area contributed by atoms with E-state index >= 15 is 0 Å². The molecule has 7 aromatic rings. The molecule has 0 aliphatic carbocycles. The molecule has 1 aromatic heterocycles. The maximum absolute atomic E-state index is 12.5. The van der Waals surface area contributed by atoms with Crippen LogP contribution in [0.4, 0.5) is 57.1 Å². The summed E-state index contributed by atoms with van der Waals surface area (Å²) < 4.78 is 179. The van der Waals surface area contributed by atoms with Crippen LogP contribution >= 0.6 is 0 Å². The Morgan fingerprint density at radius 1 is 0.481 bits per heavy atom. The highest BCUT2D eigenvalue weighted by atomic mass is 32.2. The smallest absolute Gasteiger partial charge is 0.296 e. The van der Waals surface area contributed by atoms with Gasteiger partial charge < -0.3 is 20.1 Å². The Morgan fingerprint density at radius 3 is 1.34 bits per heavy atom. The second kappa shape index (κ2) is 21.4. The summed E-state index contributed by atoms with van der Waals surface area (Å²) in [6.07, 6.45) is 0. The third-order valence-electron chi connectivity index (χ3n) is 11.0. The van der Waals surface area contributed by atoms with Crippen molar-refractivity contribution in [2.45, 2.75) is 45.2 Å². The topological polar surface area (TPSA) is 425 Å². The zero-order valence-electron chi connectivity index (χ0n) is 40.0. The van der Waals surface area contributed by atoms with E-state index in [1.54, 1.807) is 26.8 Å². The quantitative estimate of drug-likeness (QED) is 0.0329. The molecule has 1 heterocycles. The van der Waals surface area contributed by atoms with Gasteiger partial charge in [-0.3, -0.25) is 22.8 Å². The maximum Gasteiger partial charge on any atom is 0.296 e. The lowest BCUT2D eigenvalue weighted by molar-refractivity contribution is 0.415. The number of aryl methyl sites for hydroxylation is 2. The number of rotatable bonds is 17. The monoisotopic (exact) mass is 1150 g/mol. The van der Waals surface area contributed by atoms with Crippen molar-refractivity contribution in [3.63, 3.8) is 0 Å². The van der Waals surface area contributed by atoms with E-state index in [1.165, 1.54) is 56.7 Å². The van der Waals surface area contributed by atoms with Crippen LogP contribution in [-0.2, 0) is 50.6 Å². The number of pyridine rings is 1. The van der Waals surface area contributed by atoms with E-state index in [9.17, 15) is 70.1 Å². The maximum atomic E-state index is 12.5. The highest BCUT2D eigenvalue weighted by molar-refractivity contribution is 7.87. The van der Waals surface area contributed by atoms with Gasteiger partial charge in [-0.15, -0.1) is 20.5 Å². The fraction of sp³-hybridized carbons (Fsp3) is 0.111. The molecule has 0 saturated heterocycles. The SMILES string of the molecule is COc1cc(N=Nc2cc3c(S(=O)(=O)O)cc(S(=O)(=O)O)cc3cc2S(=O)(=O)O)c(C)cc1N=Nc1cc(OC)c(N=Nc2c(Nc3ccc(S(=O)(=O)O)cc3)nc(Nc3ccc(S(=O)(=O)O)cc3)c(C#N)c2C)cc1C. The van der Waals surface area contributed by atoms with E-state index in [4.69, 9.17) is 9.47 Å². The number of benzene rings is 6. The van der Waals surface area contributed by atoms with Crippen LogP contribution in [-0.4, -0.2) is 84.1 Å². The molecule has 7 N–H and O–H groups in total. The lowest BCUT2D eigenvalue weighted by Gasteiger charge is -2.16. The molecule has 7 rings (SSSR count). The molecule has 0 aliphatic heterocycles. The standard InChI is InChI=1S/C45H38N10O17S5/c1-23-14-36(39(71-4)21-35(23)51-54-38-19-32-26(17-42(38)77(68,69)70)16-31(75(62,63)64)18-41(32)76(65,66)67)52-50-34-20-40(72-5)37(15-24(34)2)53-55-43-25(3)33(22-46)44(47-27-6-10-29(11-7-27)73(56,57)58)49-45(43)48-28-8-12-30(13-9-28)74(59,60)61/h6-21H,1-5H3,(H2,47,48,49)(H,56,57,58)(H,59,60,61)(H,62,63,64)(H,65,66,67)(H,68,69,70). The molecule has 77 heavy (non-hydrogen) atoms. The molecular formula is C45H38N10O17S5. The van der Waals surface area contributed by atoms with Crippen LogP contribution in [0.2, 0.25) is 0 Å². The van der Waals surface area contributed by atoms with Gasteiger partial charge in [0.15, 0.2) is 11.6 Å². The first-order valence-electron chi connectivity index (χ1n) is 21.2. The summed E-state index contributed by atoms with van der Waals surface area (Å²) in [5.74, 6) is 0.177. The van der Waals surface area contributed by atoms with Crippen molar-refractivity contribution in [2.75, 3.05) is 24.9 Å². The van der Waals surface area contributed by atoms with Crippen molar-refractivity contribution in [2.24, 2.45) is 30.7 Å². The average Bonchev–Trinajstić information content (AvgIpc) is 3.34. The van der Waals surface area contributed by atoms with Gasteiger partial charge in [0, 0.05) is 34.5 Å². The van der Waals surface area contributed by atoms with Gasteiger partial charge in [0.1, 0.15) is 50.1 Å². The zero-order chi connectivity index (χ0) is 56.6. The van der Waals surface area contributed by atoms with E-state index in [1.807, 2.05) is 0 Å². The Labute approximate surface area is 438 Å². The van der Waals surface area contributed by atoms with Crippen LogP contribution in [0.1, 0.15) is 22.3 Å². The predicted octanol–water partition coefficient (Wildman–Crippen LogP) is 10.0. The number of azo groups is 3. The summed E-state index contributed by atoms with van der Waals surface area (Å²) in [6, 6.07) is 20.4. The normalized spacial score (nSPS) is 12.6. The van der Waals surface area contributed by atoms with Crippen LogP contribution in [0.3, 0.4) is 0 Å². The molecule has 400 valence electrons. The minimum atomic E-state index is -5.20. The zero-order valence-corrected chi connectivity index (χ0v) is 44.1. The van der Waals surface area contributed by atoms with Crippen LogP contribution < -0.4 is 20.1 Å². The van der Waals surface area contributed by atoms with Gasteiger partial charge in [0.25, 0.3) is 50.6 Å². The first-order chi connectivity index (χ1) is 35.9. The second-order valence-corrected chi connectivity index (χ2v) is 23.2. The Hall–Kier alpha value is -8.23. The van der Waals surface area contributed by atoms with Crippen LogP contribution in [0.15, 0.2) is 152 Å². The van der Waals surface area contributed by atoms with Crippen molar-refractivity contribution in [1.29, 1.82) is 5.26 Å². The molecular weight excluding hydrogens is 1110 g/mol. The van der Waals surface area contributed by atoms with E-state index in [-0.39, 0.29) is 79.0 Å². The molecule has 0 aliphatic rings. The fourth-order valence-electron chi connectivity index (χ4n) is 7.13. The number of anilines is 4. The van der Waals surface area contributed by atoms with Crippen LogP contribution in [0.5, 0.6) is 11.5 Å². The minimum Gasteiger partial charge on any atom is -0.494 e. The number of nitrogens with one attached hydrogen (secondary N) is 2. The summed E-state index contributed by atoms with van der Waals surface area (Å²) in [5.41, 5.74) is 1.63. The van der Waals surface area contributed by atoms with Gasteiger partial charge in [0.05, 0.1) is 45.8 Å². The third kappa shape index (κ3) is 12.9. The first-order valence-corrected chi connectivity index (χ1v) is 28.4. The third-order valence-corrected chi connectivity index (χ3v) is 15.3. The Balaban J connectivity index is 1.22. The number of fused-ring (bicyclic) bond motifs is 1. The Kier molecular flexibility index (Phi) is 15.7. The summed E-state index contributed by atoms with van der Waals surface area (Å²) in [5, 5.41) is 41.0. The lowest BCUT2D eigenvalue weighted by Crippen LogP contribution is -2.05. The largest absolute Gasteiger partial charge is 0.494 e. The molecule has 0 bridgehead atoms. The summed E-state index contributed by atoms with van der Waals surface area (Å²) in [4.78, 5) is 0.807. The highest BCUT2D eigenvalue weighted by Gasteiger charge is 2.26. The minimum absolute atomic E-state index is 0.00953. The van der Waals surface area contributed by atoms with Gasteiger partial charge in [-0.05, 0) is 122 Å². The molecule has 0 atom stereocenters. The molecule has 0 radical (unpaired) electrons. The van der Waals surface area contributed by atoms with Crippen LogP contribution in [0.25, 0.3) is 10.8 Å². The van der Waals surface area contributed by atoms with Crippen molar-refractivity contribution < 1.29 is 74.3 Å². The van der Waals surface area contributed by atoms with E-state index in [2.05, 4.69) is 52.4 Å². The van der Waals surface area contributed by atoms with E-state index in [0.717, 1.165) is 30.3 Å². The van der Waals surface area contributed by atoms with Crippen molar-refractivity contribution in [3.05, 3.63) is 119 Å². The molecule has 27 nitrogen and oxygen atoms in total. The number of nitrogens with zero attached hydrogens (tertiary/aromatic N) is 8. The van der Waals surface area contributed by atoms with E-state index < -0.39 is 86.6 Å². The summed E-state index contributed by atoms with van der Waals surface area (Å²) >= 11 is 0. The fourth-order valence-corrected chi connectivity index (χ4v) is 10.1. The average molecular weight is 1150 g/mol. The molecule has 32 heteroatoms. The summed E-state index contributed by atoms with van der Waals surface area (Å²) in [6.45, 7) is 4.78. The molecule has 0 saturated carbocycles. The predicted molar refractivity (Wildman–Crippen MR) is 274 cm³/mol. The van der Waals surface area contributed by atoms with Gasteiger partial charge in [-0.1, -0.05) is 0 Å². The first kappa shape index (κ1) is 56.5. The van der Waals surface area contributed by atoms with Crippen molar-refractivity contribution >= 4 is 118 Å². The Morgan fingerprint density at radius 2 is 0.909 bits per heavy atom. The van der Waals surface area contributed by atoms with Crippen molar-refractivity contribution in [3.8, 4) is 17.6 Å². The number of hydrogen-bond donors (Lipinski definition) is 7. The molecule has 6 aromatic carbocycles. The number of nitriles is 1. The highest BCUT2D eigenvalue weighted by Crippen LogP contribution is 2.43.